The Morgan fingerprint density at radius 3 is 2.58 bits per heavy atom. The lowest BCUT2D eigenvalue weighted by Gasteiger charge is -2.32. The van der Waals surface area contributed by atoms with Gasteiger partial charge in [0.25, 0.3) is 10.0 Å². The molecule has 1 fully saturated rings. The lowest BCUT2D eigenvalue weighted by molar-refractivity contribution is 0.262. The average molecular weight is 387 g/mol. The molecule has 0 radical (unpaired) electrons. The molecule has 1 heterocycles. The first-order valence-electron chi connectivity index (χ1n) is 6.38. The summed E-state index contributed by atoms with van der Waals surface area (Å²) in [4.78, 5) is 0. The molecule has 0 atom stereocenters. The molecule has 1 aromatic heterocycles. The second-order valence-electron chi connectivity index (χ2n) is 4.65. The Labute approximate surface area is 132 Å². The number of hydrogen-bond donors (Lipinski definition) is 0. The fraction of sp³-hybridized carbons (Fsp3) is 0.667. The van der Waals surface area contributed by atoms with Gasteiger partial charge in [0.1, 0.15) is 4.21 Å². The van der Waals surface area contributed by atoms with Crippen LogP contribution in [0.25, 0.3) is 0 Å². The zero-order valence-electron chi connectivity index (χ0n) is 10.5. The molecule has 0 aliphatic heterocycles. The van der Waals surface area contributed by atoms with Crippen LogP contribution in [0.5, 0.6) is 0 Å². The van der Waals surface area contributed by atoms with Crippen LogP contribution in [0.2, 0.25) is 0 Å². The zero-order chi connectivity index (χ0) is 13.9. The highest BCUT2D eigenvalue weighted by Gasteiger charge is 2.33. The Kier molecular flexibility index (Phi) is 5.72. The van der Waals surface area contributed by atoms with E-state index in [1.165, 1.54) is 17.8 Å². The Morgan fingerprint density at radius 1 is 1.37 bits per heavy atom. The van der Waals surface area contributed by atoms with Crippen LogP contribution in [0, 0.1) is 0 Å². The van der Waals surface area contributed by atoms with Gasteiger partial charge in [0.15, 0.2) is 0 Å². The van der Waals surface area contributed by atoms with E-state index in [1.54, 1.807) is 15.8 Å². The maximum atomic E-state index is 12.8. The van der Waals surface area contributed by atoms with E-state index in [0.717, 1.165) is 25.7 Å². The molecule has 0 unspecified atom stereocenters. The molecule has 3 nitrogen and oxygen atoms in total. The highest BCUT2D eigenvalue weighted by molar-refractivity contribution is 9.10. The maximum absolute atomic E-state index is 12.8. The van der Waals surface area contributed by atoms with Crippen molar-refractivity contribution in [3.63, 3.8) is 0 Å². The van der Waals surface area contributed by atoms with E-state index in [2.05, 4.69) is 15.9 Å². The number of thiophene rings is 1. The third kappa shape index (κ3) is 3.53. The summed E-state index contributed by atoms with van der Waals surface area (Å²) in [5.41, 5.74) is 0. The SMILES string of the molecule is O=S(=O)(c1sccc1Br)N(CCCl)C1CCCCC1. The van der Waals surface area contributed by atoms with Crippen molar-refractivity contribution in [3.05, 3.63) is 15.9 Å². The number of sulfonamides is 1. The molecule has 108 valence electrons. The molecule has 0 aromatic carbocycles. The zero-order valence-corrected chi connectivity index (χ0v) is 14.5. The fourth-order valence-electron chi connectivity index (χ4n) is 2.52. The van der Waals surface area contributed by atoms with Crippen LogP contribution in [-0.2, 0) is 10.0 Å². The Morgan fingerprint density at radius 2 is 2.05 bits per heavy atom. The molecule has 1 saturated carbocycles. The summed E-state index contributed by atoms with van der Waals surface area (Å²) < 4.78 is 28.1. The Hall–Kier alpha value is 0.380. The molecule has 0 amide bonds. The summed E-state index contributed by atoms with van der Waals surface area (Å²) in [5, 5.41) is 1.79. The minimum Gasteiger partial charge on any atom is -0.206 e. The van der Waals surface area contributed by atoms with Gasteiger partial charge in [-0.15, -0.1) is 22.9 Å². The highest BCUT2D eigenvalue weighted by atomic mass is 79.9. The molecule has 0 N–H and O–H groups in total. The van der Waals surface area contributed by atoms with E-state index in [1.807, 2.05) is 0 Å². The molecule has 2 rings (SSSR count). The molecule has 0 bridgehead atoms. The third-order valence-corrected chi connectivity index (χ3v) is 8.18. The second kappa shape index (κ2) is 6.89. The fourth-order valence-corrected chi connectivity index (χ4v) is 6.92. The number of nitrogens with zero attached hydrogens (tertiary/aromatic N) is 1. The number of halogens is 2. The molecule has 1 aromatic rings. The van der Waals surface area contributed by atoms with Gasteiger partial charge in [0.2, 0.25) is 0 Å². The summed E-state index contributed by atoms with van der Waals surface area (Å²) >= 11 is 10.4. The molecule has 7 heteroatoms. The van der Waals surface area contributed by atoms with Crippen molar-refractivity contribution >= 4 is 48.9 Å². The van der Waals surface area contributed by atoms with Crippen molar-refractivity contribution < 1.29 is 8.42 Å². The Bertz CT molecular complexity index is 512. The first-order valence-corrected chi connectivity index (χ1v) is 10.0. The van der Waals surface area contributed by atoms with E-state index < -0.39 is 10.0 Å². The minimum absolute atomic E-state index is 0.103. The average Bonchev–Trinajstić information content (AvgIpc) is 2.84. The van der Waals surface area contributed by atoms with Gasteiger partial charge in [-0.25, -0.2) is 8.42 Å². The number of alkyl halides is 1. The van der Waals surface area contributed by atoms with Gasteiger partial charge in [0, 0.05) is 22.9 Å². The minimum atomic E-state index is -3.43. The summed E-state index contributed by atoms with van der Waals surface area (Å²) in [6, 6.07) is 1.88. The largest absolute Gasteiger partial charge is 0.253 e. The van der Waals surface area contributed by atoms with E-state index in [-0.39, 0.29) is 6.04 Å². The normalized spacial score (nSPS) is 18.1. The monoisotopic (exact) mass is 385 g/mol. The first kappa shape index (κ1) is 15.8. The molecular weight excluding hydrogens is 370 g/mol. The van der Waals surface area contributed by atoms with Crippen molar-refractivity contribution in [1.82, 2.24) is 4.31 Å². The lowest BCUT2D eigenvalue weighted by atomic mass is 9.95. The van der Waals surface area contributed by atoms with Crippen molar-refractivity contribution in [2.45, 2.75) is 42.4 Å². The highest BCUT2D eigenvalue weighted by Crippen LogP contribution is 2.34. The van der Waals surface area contributed by atoms with Gasteiger partial charge in [-0.2, -0.15) is 4.31 Å². The van der Waals surface area contributed by atoms with Crippen molar-refractivity contribution in [2.75, 3.05) is 12.4 Å². The van der Waals surface area contributed by atoms with Gasteiger partial charge in [-0.1, -0.05) is 19.3 Å². The predicted octanol–water partition coefficient (Wildman–Crippen LogP) is 4.07. The topological polar surface area (TPSA) is 37.4 Å². The van der Waals surface area contributed by atoms with Crippen LogP contribution in [0.3, 0.4) is 0 Å². The van der Waals surface area contributed by atoms with Crippen LogP contribution >= 0.6 is 38.9 Å². The smallest absolute Gasteiger partial charge is 0.206 e. The molecule has 0 saturated heterocycles. The van der Waals surface area contributed by atoms with Gasteiger partial charge in [0.05, 0.1) is 0 Å². The third-order valence-electron chi connectivity index (χ3n) is 3.41. The van der Waals surface area contributed by atoms with E-state index in [9.17, 15) is 8.42 Å². The van der Waals surface area contributed by atoms with E-state index >= 15 is 0 Å². The van der Waals surface area contributed by atoms with Crippen molar-refractivity contribution in [1.29, 1.82) is 0 Å². The summed E-state index contributed by atoms with van der Waals surface area (Å²) in [7, 11) is -3.43. The van der Waals surface area contributed by atoms with Gasteiger partial charge >= 0.3 is 0 Å². The van der Waals surface area contributed by atoms with Crippen LogP contribution in [-0.4, -0.2) is 31.2 Å². The number of hydrogen-bond acceptors (Lipinski definition) is 3. The molecule has 1 aliphatic carbocycles. The van der Waals surface area contributed by atoms with Gasteiger partial charge < -0.3 is 0 Å². The quantitative estimate of drug-likeness (QED) is 0.715. The van der Waals surface area contributed by atoms with E-state index in [4.69, 9.17) is 11.6 Å². The molecule has 1 aliphatic rings. The second-order valence-corrected chi connectivity index (χ2v) is 8.89. The maximum Gasteiger partial charge on any atom is 0.253 e. The van der Waals surface area contributed by atoms with Crippen molar-refractivity contribution in [3.8, 4) is 0 Å². The van der Waals surface area contributed by atoms with Crippen LogP contribution in [0.1, 0.15) is 32.1 Å². The lowest BCUT2D eigenvalue weighted by Crippen LogP contribution is -2.42. The van der Waals surface area contributed by atoms with Gasteiger partial charge in [-0.3, -0.25) is 0 Å². The number of rotatable bonds is 5. The predicted molar refractivity (Wildman–Crippen MR) is 83.5 cm³/mol. The Balaban J connectivity index is 2.29. The molecule has 0 spiro atoms. The molecule has 19 heavy (non-hydrogen) atoms. The van der Waals surface area contributed by atoms with Gasteiger partial charge in [-0.05, 0) is 40.2 Å². The molecular formula is C12H17BrClNO2S2. The standard InChI is InChI=1S/C12H17BrClNO2S2/c13-11-6-9-18-12(11)19(16,17)15(8-7-14)10-4-2-1-3-5-10/h6,9-10H,1-5,7-8H2. The summed E-state index contributed by atoms with van der Waals surface area (Å²) in [6.45, 7) is 0.388. The first-order chi connectivity index (χ1) is 9.07. The van der Waals surface area contributed by atoms with Crippen LogP contribution < -0.4 is 0 Å². The van der Waals surface area contributed by atoms with Crippen LogP contribution in [0.4, 0.5) is 0 Å². The van der Waals surface area contributed by atoms with Crippen LogP contribution in [0.15, 0.2) is 20.1 Å². The summed E-state index contributed by atoms with van der Waals surface area (Å²) in [6.07, 6.45) is 5.29. The van der Waals surface area contributed by atoms with E-state index in [0.29, 0.717) is 21.1 Å². The van der Waals surface area contributed by atoms with Crippen molar-refractivity contribution in [2.24, 2.45) is 0 Å². The summed E-state index contributed by atoms with van der Waals surface area (Å²) in [5.74, 6) is 0.332.